The average molecular weight is 241 g/mol. The Hall–Kier alpha value is -1.07. The fraction of sp³-hybridized carbons (Fsp3) is 0.750. The van der Waals surface area contributed by atoms with E-state index in [1.54, 1.807) is 13.3 Å². The third-order valence-corrected chi connectivity index (χ3v) is 2.55. The van der Waals surface area contributed by atoms with Gasteiger partial charge in [-0.3, -0.25) is 4.68 Å². The van der Waals surface area contributed by atoms with E-state index in [-0.39, 0.29) is 12.1 Å². The molecule has 1 aromatic heterocycles. The molecule has 1 heterocycles. The minimum Gasteiger partial charge on any atom is -0.493 e. The summed E-state index contributed by atoms with van der Waals surface area (Å²) in [5.74, 6) is 0.797. The molecule has 0 spiro atoms. The van der Waals surface area contributed by atoms with Crippen LogP contribution in [0.15, 0.2) is 6.20 Å². The quantitative estimate of drug-likeness (QED) is 0.786. The van der Waals surface area contributed by atoms with Crippen LogP contribution in [0.25, 0.3) is 0 Å². The van der Waals surface area contributed by atoms with Crippen molar-refractivity contribution in [2.24, 2.45) is 7.05 Å². The van der Waals surface area contributed by atoms with Crippen molar-refractivity contribution in [2.75, 3.05) is 20.3 Å². The molecule has 0 radical (unpaired) electrons. The SMILES string of the molecule is CCNC(COC(C)C)c1c(OC)cnn1C. The Balaban J connectivity index is 2.84. The summed E-state index contributed by atoms with van der Waals surface area (Å²) >= 11 is 0. The van der Waals surface area contributed by atoms with Crippen LogP contribution in [0.4, 0.5) is 0 Å². The first-order valence-corrected chi connectivity index (χ1v) is 6.01. The van der Waals surface area contributed by atoms with Crippen molar-refractivity contribution in [1.29, 1.82) is 0 Å². The monoisotopic (exact) mass is 241 g/mol. The molecule has 0 bridgehead atoms. The van der Waals surface area contributed by atoms with Crippen molar-refractivity contribution in [2.45, 2.75) is 32.9 Å². The molecule has 5 nitrogen and oxygen atoms in total. The number of rotatable bonds is 7. The van der Waals surface area contributed by atoms with Crippen LogP contribution in [0.5, 0.6) is 5.75 Å². The molecule has 0 saturated carbocycles. The number of hydrogen-bond donors (Lipinski definition) is 1. The highest BCUT2D eigenvalue weighted by molar-refractivity contribution is 5.28. The normalized spacial score (nSPS) is 13.1. The van der Waals surface area contributed by atoms with Gasteiger partial charge in [0.1, 0.15) is 0 Å². The van der Waals surface area contributed by atoms with Gasteiger partial charge in [-0.15, -0.1) is 0 Å². The zero-order valence-electron chi connectivity index (χ0n) is 11.4. The van der Waals surface area contributed by atoms with E-state index in [0.29, 0.717) is 6.61 Å². The first-order chi connectivity index (χ1) is 8.10. The summed E-state index contributed by atoms with van der Waals surface area (Å²) in [6.45, 7) is 7.63. The van der Waals surface area contributed by atoms with Crippen LogP contribution in [0, 0.1) is 0 Å². The molecule has 0 aliphatic carbocycles. The second kappa shape index (κ2) is 6.61. The highest BCUT2D eigenvalue weighted by Gasteiger charge is 2.20. The molecule has 1 rings (SSSR count). The van der Waals surface area contributed by atoms with Gasteiger partial charge in [0.2, 0.25) is 0 Å². The molecule has 0 aliphatic heterocycles. The lowest BCUT2D eigenvalue weighted by atomic mass is 10.2. The topological polar surface area (TPSA) is 48.3 Å². The Morgan fingerprint density at radius 2 is 2.18 bits per heavy atom. The van der Waals surface area contributed by atoms with Gasteiger partial charge in [-0.1, -0.05) is 6.92 Å². The number of ether oxygens (including phenoxy) is 2. The van der Waals surface area contributed by atoms with E-state index in [1.165, 1.54) is 0 Å². The minimum absolute atomic E-state index is 0.102. The number of aromatic nitrogens is 2. The predicted molar refractivity (Wildman–Crippen MR) is 67.3 cm³/mol. The van der Waals surface area contributed by atoms with Crippen LogP contribution < -0.4 is 10.1 Å². The molecule has 5 heteroatoms. The lowest BCUT2D eigenvalue weighted by molar-refractivity contribution is 0.0594. The molecule has 0 fully saturated rings. The van der Waals surface area contributed by atoms with Gasteiger partial charge in [-0.25, -0.2) is 0 Å². The number of nitrogens with one attached hydrogen (secondary N) is 1. The van der Waals surface area contributed by atoms with Gasteiger partial charge in [-0.05, 0) is 20.4 Å². The van der Waals surface area contributed by atoms with E-state index < -0.39 is 0 Å². The molecule has 0 aromatic carbocycles. The van der Waals surface area contributed by atoms with E-state index in [1.807, 2.05) is 25.6 Å². The predicted octanol–water partition coefficient (Wildman–Crippen LogP) is 1.50. The Morgan fingerprint density at radius 1 is 1.47 bits per heavy atom. The highest BCUT2D eigenvalue weighted by atomic mass is 16.5. The van der Waals surface area contributed by atoms with E-state index in [2.05, 4.69) is 17.3 Å². The average Bonchev–Trinajstić information content (AvgIpc) is 2.65. The molecule has 0 amide bonds. The molecule has 98 valence electrons. The Kier molecular flexibility index (Phi) is 5.44. The van der Waals surface area contributed by atoms with Crippen molar-refractivity contribution in [1.82, 2.24) is 15.1 Å². The van der Waals surface area contributed by atoms with Gasteiger partial charge >= 0.3 is 0 Å². The van der Waals surface area contributed by atoms with Crippen molar-refractivity contribution in [3.05, 3.63) is 11.9 Å². The Bertz CT molecular complexity index is 336. The summed E-state index contributed by atoms with van der Waals surface area (Å²) in [6, 6.07) is 0.102. The van der Waals surface area contributed by atoms with Crippen molar-refractivity contribution in [3.8, 4) is 5.75 Å². The lowest BCUT2D eigenvalue weighted by Gasteiger charge is -2.20. The van der Waals surface area contributed by atoms with Gasteiger partial charge in [0.15, 0.2) is 5.75 Å². The first-order valence-electron chi connectivity index (χ1n) is 6.01. The highest BCUT2D eigenvalue weighted by Crippen LogP contribution is 2.24. The molecule has 0 saturated heterocycles. The summed E-state index contributed by atoms with van der Waals surface area (Å²) in [6.07, 6.45) is 1.95. The number of aryl methyl sites for hydroxylation is 1. The fourth-order valence-electron chi connectivity index (χ4n) is 1.75. The third kappa shape index (κ3) is 3.71. The Morgan fingerprint density at radius 3 is 2.71 bits per heavy atom. The summed E-state index contributed by atoms with van der Waals surface area (Å²) in [4.78, 5) is 0. The van der Waals surface area contributed by atoms with Crippen LogP contribution in [0.2, 0.25) is 0 Å². The summed E-state index contributed by atoms with van der Waals surface area (Å²) in [7, 11) is 3.57. The van der Waals surface area contributed by atoms with E-state index in [0.717, 1.165) is 18.0 Å². The maximum atomic E-state index is 5.68. The molecular formula is C12H23N3O2. The first kappa shape index (κ1) is 14.0. The summed E-state index contributed by atoms with van der Waals surface area (Å²) in [5, 5.41) is 7.60. The van der Waals surface area contributed by atoms with E-state index >= 15 is 0 Å². The number of likely N-dealkylation sites (N-methyl/N-ethyl adjacent to an activating group) is 1. The van der Waals surface area contributed by atoms with Crippen LogP contribution in [0.3, 0.4) is 0 Å². The molecule has 0 aliphatic rings. The van der Waals surface area contributed by atoms with Crippen molar-refractivity contribution in [3.63, 3.8) is 0 Å². The van der Waals surface area contributed by atoms with Crippen molar-refractivity contribution >= 4 is 0 Å². The van der Waals surface area contributed by atoms with E-state index in [9.17, 15) is 0 Å². The fourth-order valence-corrected chi connectivity index (χ4v) is 1.75. The largest absolute Gasteiger partial charge is 0.493 e. The number of hydrogen-bond acceptors (Lipinski definition) is 4. The van der Waals surface area contributed by atoms with Gasteiger partial charge in [-0.2, -0.15) is 5.10 Å². The van der Waals surface area contributed by atoms with Gasteiger partial charge in [0, 0.05) is 7.05 Å². The van der Waals surface area contributed by atoms with Crippen LogP contribution >= 0.6 is 0 Å². The standard InChI is InChI=1S/C12H23N3O2/c1-6-13-10(8-17-9(2)3)12-11(16-5)7-14-15(12)4/h7,9-10,13H,6,8H2,1-5H3. The summed E-state index contributed by atoms with van der Waals surface area (Å²) in [5.41, 5.74) is 1.02. The molecule has 1 aromatic rings. The van der Waals surface area contributed by atoms with E-state index in [4.69, 9.17) is 9.47 Å². The molecular weight excluding hydrogens is 218 g/mol. The maximum absolute atomic E-state index is 5.68. The second-order valence-electron chi connectivity index (χ2n) is 4.21. The smallest absolute Gasteiger partial charge is 0.161 e. The van der Waals surface area contributed by atoms with Crippen LogP contribution in [0.1, 0.15) is 32.5 Å². The second-order valence-corrected chi connectivity index (χ2v) is 4.21. The van der Waals surface area contributed by atoms with Crippen LogP contribution in [-0.2, 0) is 11.8 Å². The Labute approximate surface area is 103 Å². The number of nitrogens with zero attached hydrogens (tertiary/aromatic N) is 2. The van der Waals surface area contributed by atoms with Crippen LogP contribution in [-0.4, -0.2) is 36.1 Å². The summed E-state index contributed by atoms with van der Waals surface area (Å²) < 4.78 is 12.8. The van der Waals surface area contributed by atoms with Gasteiger partial charge in [0.25, 0.3) is 0 Å². The zero-order chi connectivity index (χ0) is 12.8. The van der Waals surface area contributed by atoms with Crippen molar-refractivity contribution < 1.29 is 9.47 Å². The lowest BCUT2D eigenvalue weighted by Crippen LogP contribution is -2.28. The number of methoxy groups -OCH3 is 1. The molecule has 17 heavy (non-hydrogen) atoms. The van der Waals surface area contributed by atoms with Gasteiger partial charge < -0.3 is 14.8 Å². The maximum Gasteiger partial charge on any atom is 0.161 e. The molecule has 1 N–H and O–H groups in total. The molecule has 1 atom stereocenters. The molecule has 1 unspecified atom stereocenters. The minimum atomic E-state index is 0.102. The zero-order valence-corrected chi connectivity index (χ0v) is 11.4. The van der Waals surface area contributed by atoms with Gasteiger partial charge in [0.05, 0.1) is 37.8 Å². The third-order valence-electron chi connectivity index (χ3n) is 2.55.